The highest BCUT2D eigenvalue weighted by Gasteiger charge is 2.31. The van der Waals surface area contributed by atoms with Crippen LogP contribution in [-0.2, 0) is 20.7 Å². The number of benzene rings is 1. The van der Waals surface area contributed by atoms with E-state index in [2.05, 4.69) is 5.32 Å². The molecule has 1 aromatic rings. The normalized spacial score (nSPS) is 17.7. The molecule has 0 fully saturated rings. The molecule has 6 nitrogen and oxygen atoms in total. The van der Waals surface area contributed by atoms with Crippen molar-refractivity contribution in [3.8, 4) is 5.75 Å². The van der Waals surface area contributed by atoms with Gasteiger partial charge in [-0.2, -0.15) is 0 Å². The highest BCUT2D eigenvalue weighted by Crippen LogP contribution is 2.31. The van der Waals surface area contributed by atoms with E-state index < -0.39 is 24.0 Å². The number of hydrogen-bond acceptors (Lipinski definition) is 4. The number of methoxy groups -OCH3 is 1. The Morgan fingerprint density at radius 1 is 1.57 bits per heavy atom. The topological polar surface area (TPSA) is 84.9 Å². The van der Waals surface area contributed by atoms with Crippen molar-refractivity contribution in [2.24, 2.45) is 0 Å². The molecule has 0 unspecified atom stereocenters. The van der Waals surface area contributed by atoms with Crippen molar-refractivity contribution in [3.63, 3.8) is 0 Å². The highest BCUT2D eigenvalue weighted by molar-refractivity contribution is 6.30. The number of carbonyl (C=O) groups is 2. The number of fused-ring (bicyclic) bond motifs is 1. The number of aliphatic carboxylic acids is 1. The van der Waals surface area contributed by atoms with Crippen LogP contribution in [0.3, 0.4) is 0 Å². The zero-order valence-corrected chi connectivity index (χ0v) is 12.2. The lowest BCUT2D eigenvalue weighted by molar-refractivity contribution is -0.143. The summed E-state index contributed by atoms with van der Waals surface area (Å²) in [6.45, 7) is 0.249. The SMILES string of the molecule is COCC[C@H](NC(=O)[C@H]1Cc2cc(Cl)ccc2O1)C(=O)O. The fraction of sp³-hybridized carbons (Fsp3) is 0.429. The Bertz CT molecular complexity index is 548. The molecule has 114 valence electrons. The molecule has 0 aromatic heterocycles. The summed E-state index contributed by atoms with van der Waals surface area (Å²) in [6.07, 6.45) is -0.163. The number of carbonyl (C=O) groups excluding carboxylic acids is 1. The van der Waals surface area contributed by atoms with Crippen molar-refractivity contribution in [3.05, 3.63) is 28.8 Å². The summed E-state index contributed by atoms with van der Waals surface area (Å²) >= 11 is 5.89. The second-order valence-electron chi connectivity index (χ2n) is 4.74. The molecular weight excluding hydrogens is 298 g/mol. The molecule has 1 heterocycles. The Labute approximate surface area is 127 Å². The summed E-state index contributed by atoms with van der Waals surface area (Å²) in [4.78, 5) is 23.2. The van der Waals surface area contributed by atoms with E-state index in [0.29, 0.717) is 17.2 Å². The molecule has 0 radical (unpaired) electrons. The Balaban J connectivity index is 1.97. The van der Waals surface area contributed by atoms with Gasteiger partial charge in [0.1, 0.15) is 11.8 Å². The van der Waals surface area contributed by atoms with Crippen LogP contribution >= 0.6 is 11.6 Å². The monoisotopic (exact) mass is 313 g/mol. The molecule has 2 rings (SSSR count). The molecule has 1 aliphatic rings. The van der Waals surface area contributed by atoms with Gasteiger partial charge in [0.25, 0.3) is 5.91 Å². The van der Waals surface area contributed by atoms with Gasteiger partial charge >= 0.3 is 5.97 Å². The Morgan fingerprint density at radius 3 is 3.00 bits per heavy atom. The Hall–Kier alpha value is -1.79. The first-order valence-electron chi connectivity index (χ1n) is 6.48. The van der Waals surface area contributed by atoms with E-state index in [-0.39, 0.29) is 13.0 Å². The zero-order chi connectivity index (χ0) is 15.4. The van der Waals surface area contributed by atoms with Gasteiger partial charge in [0, 0.05) is 31.6 Å². The van der Waals surface area contributed by atoms with Crippen LogP contribution in [0.4, 0.5) is 0 Å². The van der Waals surface area contributed by atoms with Gasteiger partial charge in [-0.25, -0.2) is 4.79 Å². The van der Waals surface area contributed by atoms with E-state index >= 15 is 0 Å². The van der Waals surface area contributed by atoms with Crippen LogP contribution in [0.15, 0.2) is 18.2 Å². The van der Waals surface area contributed by atoms with Crippen molar-refractivity contribution < 1.29 is 24.2 Å². The number of carboxylic acids is 1. The molecule has 1 amide bonds. The first-order chi connectivity index (χ1) is 10.0. The number of amides is 1. The van der Waals surface area contributed by atoms with Gasteiger partial charge in [-0.3, -0.25) is 4.79 Å². The van der Waals surface area contributed by atoms with Crippen LogP contribution < -0.4 is 10.1 Å². The van der Waals surface area contributed by atoms with E-state index in [0.717, 1.165) is 5.56 Å². The third kappa shape index (κ3) is 3.86. The third-order valence-electron chi connectivity index (χ3n) is 3.21. The van der Waals surface area contributed by atoms with Crippen LogP contribution in [0.25, 0.3) is 0 Å². The Kier molecular flexibility index (Phi) is 5.03. The minimum Gasteiger partial charge on any atom is -0.480 e. The van der Waals surface area contributed by atoms with Crippen LogP contribution in [-0.4, -0.2) is 42.8 Å². The largest absolute Gasteiger partial charge is 0.480 e. The minimum absolute atomic E-state index is 0.197. The number of rotatable bonds is 6. The molecule has 21 heavy (non-hydrogen) atoms. The van der Waals surface area contributed by atoms with Crippen LogP contribution in [0.5, 0.6) is 5.75 Å². The molecule has 2 atom stereocenters. The second-order valence-corrected chi connectivity index (χ2v) is 5.18. The third-order valence-corrected chi connectivity index (χ3v) is 3.45. The van der Waals surface area contributed by atoms with E-state index in [4.69, 9.17) is 26.2 Å². The van der Waals surface area contributed by atoms with Gasteiger partial charge in [-0.15, -0.1) is 0 Å². The fourth-order valence-electron chi connectivity index (χ4n) is 2.12. The van der Waals surface area contributed by atoms with Crippen molar-refractivity contribution in [2.75, 3.05) is 13.7 Å². The van der Waals surface area contributed by atoms with Gasteiger partial charge in [-0.05, 0) is 23.8 Å². The van der Waals surface area contributed by atoms with Gasteiger partial charge in [0.05, 0.1) is 0 Å². The fourth-order valence-corrected chi connectivity index (χ4v) is 2.32. The maximum absolute atomic E-state index is 12.1. The summed E-state index contributed by atoms with van der Waals surface area (Å²) in [5.74, 6) is -0.951. The molecule has 0 saturated carbocycles. The number of halogens is 1. The van der Waals surface area contributed by atoms with Crippen molar-refractivity contribution >= 4 is 23.5 Å². The highest BCUT2D eigenvalue weighted by atomic mass is 35.5. The lowest BCUT2D eigenvalue weighted by Crippen LogP contribution is -2.47. The Morgan fingerprint density at radius 2 is 2.33 bits per heavy atom. The second kappa shape index (κ2) is 6.78. The van der Waals surface area contributed by atoms with Crippen molar-refractivity contribution in [1.29, 1.82) is 0 Å². The summed E-state index contributed by atoms with van der Waals surface area (Å²) in [5, 5.41) is 12.1. The number of ether oxygens (including phenoxy) is 2. The summed E-state index contributed by atoms with van der Waals surface area (Å²) in [6, 6.07) is 4.13. The first kappa shape index (κ1) is 15.6. The number of carboxylic acid groups (broad SMARTS) is 1. The molecule has 0 saturated heterocycles. The molecule has 1 aromatic carbocycles. The molecule has 0 spiro atoms. The van der Waals surface area contributed by atoms with Gasteiger partial charge in [-0.1, -0.05) is 11.6 Å². The zero-order valence-electron chi connectivity index (χ0n) is 11.5. The standard InChI is InChI=1S/C14H16ClNO5/c1-20-5-4-10(14(18)19)16-13(17)12-7-8-6-9(15)2-3-11(8)21-12/h2-3,6,10,12H,4-5,7H2,1H3,(H,16,17)(H,18,19)/t10-,12+/m0/s1. The van der Waals surface area contributed by atoms with Gasteiger partial charge < -0.3 is 19.9 Å². The summed E-state index contributed by atoms with van der Waals surface area (Å²) < 4.78 is 10.3. The summed E-state index contributed by atoms with van der Waals surface area (Å²) in [7, 11) is 1.47. The number of hydrogen-bond donors (Lipinski definition) is 2. The van der Waals surface area contributed by atoms with Crippen molar-refractivity contribution in [1.82, 2.24) is 5.32 Å². The smallest absolute Gasteiger partial charge is 0.326 e. The van der Waals surface area contributed by atoms with Gasteiger partial charge in [0.15, 0.2) is 6.10 Å². The molecule has 2 N–H and O–H groups in total. The van der Waals surface area contributed by atoms with Gasteiger partial charge in [0.2, 0.25) is 0 Å². The van der Waals surface area contributed by atoms with E-state index in [9.17, 15) is 9.59 Å². The first-order valence-corrected chi connectivity index (χ1v) is 6.86. The average Bonchev–Trinajstić information content (AvgIpc) is 2.85. The molecular formula is C14H16ClNO5. The average molecular weight is 314 g/mol. The molecule has 0 bridgehead atoms. The predicted molar refractivity (Wildman–Crippen MR) is 75.6 cm³/mol. The molecule has 7 heteroatoms. The van der Waals surface area contributed by atoms with Crippen LogP contribution in [0, 0.1) is 0 Å². The maximum atomic E-state index is 12.1. The lowest BCUT2D eigenvalue weighted by atomic mass is 10.1. The quantitative estimate of drug-likeness (QED) is 0.825. The number of nitrogens with one attached hydrogen (secondary N) is 1. The lowest BCUT2D eigenvalue weighted by Gasteiger charge is -2.17. The summed E-state index contributed by atoms with van der Waals surface area (Å²) in [5.41, 5.74) is 0.839. The minimum atomic E-state index is -1.10. The molecule has 1 aliphatic heterocycles. The van der Waals surface area contributed by atoms with E-state index in [1.807, 2.05) is 0 Å². The predicted octanol–water partition coefficient (Wildman–Crippen LogP) is 1.25. The van der Waals surface area contributed by atoms with E-state index in [1.54, 1.807) is 18.2 Å². The molecule has 0 aliphatic carbocycles. The van der Waals surface area contributed by atoms with E-state index in [1.165, 1.54) is 7.11 Å². The van der Waals surface area contributed by atoms with Crippen LogP contribution in [0.2, 0.25) is 5.02 Å². The maximum Gasteiger partial charge on any atom is 0.326 e. The van der Waals surface area contributed by atoms with Crippen LogP contribution in [0.1, 0.15) is 12.0 Å². The van der Waals surface area contributed by atoms with Crippen molar-refractivity contribution in [2.45, 2.75) is 25.0 Å².